The van der Waals surface area contributed by atoms with Gasteiger partial charge < -0.3 is 4.43 Å². The average molecular weight is 205 g/mol. The van der Waals surface area contributed by atoms with E-state index in [4.69, 9.17) is 14.1 Å². The third kappa shape index (κ3) is 3.03. The summed E-state index contributed by atoms with van der Waals surface area (Å²) in [5, 5.41) is 1.57. The van der Waals surface area contributed by atoms with Crippen molar-refractivity contribution in [2.75, 3.05) is 13.3 Å². The fourth-order valence-electron chi connectivity index (χ4n) is 1.02. The Balaban J connectivity index is 2.40. The minimum atomic E-state index is -1.63. The third-order valence-corrected chi connectivity index (χ3v) is 4.42. The van der Waals surface area contributed by atoms with Crippen LogP contribution in [0.15, 0.2) is 0 Å². The van der Waals surface area contributed by atoms with Gasteiger partial charge in [-0.2, -0.15) is 0 Å². The van der Waals surface area contributed by atoms with Crippen molar-refractivity contribution in [3.05, 3.63) is 0 Å². The SMILES string of the molecule is CO[Si](C)(C)CN1OC(C)C(C)O1. The highest BCUT2D eigenvalue weighted by Gasteiger charge is 2.34. The molecule has 0 radical (unpaired) electrons. The van der Waals surface area contributed by atoms with Gasteiger partial charge in [0.1, 0.15) is 12.2 Å². The Hall–Kier alpha value is 0.0569. The smallest absolute Gasteiger partial charge is 0.204 e. The molecule has 1 saturated heterocycles. The van der Waals surface area contributed by atoms with E-state index in [1.165, 1.54) is 0 Å². The second-order valence-corrected chi connectivity index (χ2v) is 8.32. The average Bonchev–Trinajstić information content (AvgIpc) is 2.30. The van der Waals surface area contributed by atoms with E-state index in [1.807, 2.05) is 13.8 Å². The number of hydrogen-bond acceptors (Lipinski definition) is 4. The highest BCUT2D eigenvalue weighted by molar-refractivity contribution is 6.71. The van der Waals surface area contributed by atoms with Crippen LogP contribution in [0.1, 0.15) is 13.8 Å². The fraction of sp³-hybridized carbons (Fsp3) is 1.00. The normalized spacial score (nSPS) is 31.2. The summed E-state index contributed by atoms with van der Waals surface area (Å²) in [5.74, 6) is 0. The Morgan fingerprint density at radius 2 is 1.69 bits per heavy atom. The zero-order valence-corrected chi connectivity index (χ0v) is 10.0. The van der Waals surface area contributed by atoms with Gasteiger partial charge in [0.05, 0.1) is 6.17 Å². The van der Waals surface area contributed by atoms with Gasteiger partial charge in [0.25, 0.3) is 0 Å². The molecule has 1 heterocycles. The maximum absolute atomic E-state index is 5.48. The molecule has 0 aliphatic carbocycles. The molecule has 5 heteroatoms. The van der Waals surface area contributed by atoms with Crippen LogP contribution in [0.3, 0.4) is 0 Å². The number of hydrogen-bond donors (Lipinski definition) is 0. The van der Waals surface area contributed by atoms with E-state index in [9.17, 15) is 0 Å². The number of nitrogens with zero attached hydrogens (tertiary/aromatic N) is 1. The molecule has 1 aliphatic rings. The second kappa shape index (κ2) is 4.06. The van der Waals surface area contributed by atoms with Crippen molar-refractivity contribution in [1.29, 1.82) is 0 Å². The molecule has 4 nitrogen and oxygen atoms in total. The van der Waals surface area contributed by atoms with Crippen LogP contribution in [-0.2, 0) is 14.1 Å². The van der Waals surface area contributed by atoms with Gasteiger partial charge >= 0.3 is 0 Å². The van der Waals surface area contributed by atoms with Gasteiger partial charge in [-0.1, -0.05) is 5.23 Å². The lowest BCUT2D eigenvalue weighted by Crippen LogP contribution is -2.42. The van der Waals surface area contributed by atoms with Gasteiger partial charge in [-0.25, -0.2) is 0 Å². The van der Waals surface area contributed by atoms with Gasteiger partial charge in [-0.15, -0.1) is 0 Å². The van der Waals surface area contributed by atoms with Crippen LogP contribution >= 0.6 is 0 Å². The molecule has 0 spiro atoms. The molecule has 1 fully saturated rings. The molecule has 78 valence electrons. The van der Waals surface area contributed by atoms with E-state index < -0.39 is 8.32 Å². The topological polar surface area (TPSA) is 30.9 Å². The third-order valence-electron chi connectivity index (χ3n) is 2.29. The fourth-order valence-corrected chi connectivity index (χ4v) is 1.92. The summed E-state index contributed by atoms with van der Waals surface area (Å²) in [7, 11) is 0.120. The monoisotopic (exact) mass is 205 g/mol. The molecule has 2 atom stereocenters. The standard InChI is InChI=1S/C8H19NO3Si/c1-7-8(2)12-9(11-7)6-13(4,5)10-3/h7-8H,6H2,1-5H3. The van der Waals surface area contributed by atoms with E-state index in [-0.39, 0.29) is 12.2 Å². The molecule has 0 aromatic rings. The highest BCUT2D eigenvalue weighted by Crippen LogP contribution is 2.19. The second-order valence-electron chi connectivity index (χ2n) is 4.08. The predicted octanol–water partition coefficient (Wildman–Crippen LogP) is 1.33. The van der Waals surface area contributed by atoms with Crippen molar-refractivity contribution >= 4 is 8.32 Å². The summed E-state index contributed by atoms with van der Waals surface area (Å²) in [6, 6.07) is 0. The molecule has 0 amide bonds. The number of rotatable bonds is 3. The molecule has 1 aliphatic heterocycles. The van der Waals surface area contributed by atoms with Crippen molar-refractivity contribution < 1.29 is 14.1 Å². The minimum absolute atomic E-state index is 0.140. The summed E-state index contributed by atoms with van der Waals surface area (Å²) >= 11 is 0. The Morgan fingerprint density at radius 3 is 2.08 bits per heavy atom. The van der Waals surface area contributed by atoms with Gasteiger partial charge in [0, 0.05) is 7.11 Å². The maximum Gasteiger partial charge on any atom is 0.204 e. The first-order valence-corrected chi connectivity index (χ1v) is 7.72. The summed E-state index contributed by atoms with van der Waals surface area (Å²) < 4.78 is 5.41. The Bertz CT molecular complexity index is 167. The van der Waals surface area contributed by atoms with Crippen LogP contribution in [-0.4, -0.2) is 39.0 Å². The van der Waals surface area contributed by atoms with Crippen LogP contribution in [0.4, 0.5) is 0 Å². The largest absolute Gasteiger partial charge is 0.419 e. The van der Waals surface area contributed by atoms with Crippen molar-refractivity contribution in [3.63, 3.8) is 0 Å². The van der Waals surface area contributed by atoms with Crippen molar-refractivity contribution in [3.8, 4) is 0 Å². The van der Waals surface area contributed by atoms with Gasteiger partial charge in [-0.05, 0) is 26.9 Å². The first kappa shape index (κ1) is 11.1. The molecular weight excluding hydrogens is 186 g/mol. The lowest BCUT2D eigenvalue weighted by Gasteiger charge is -2.24. The molecule has 0 aromatic heterocycles. The summed E-state index contributed by atoms with van der Waals surface area (Å²) in [6.07, 6.45) is 1.03. The molecule has 0 N–H and O–H groups in total. The van der Waals surface area contributed by atoms with Crippen molar-refractivity contribution in [2.24, 2.45) is 0 Å². The van der Waals surface area contributed by atoms with Crippen LogP contribution < -0.4 is 0 Å². The molecule has 13 heavy (non-hydrogen) atoms. The Morgan fingerprint density at radius 1 is 1.23 bits per heavy atom. The van der Waals surface area contributed by atoms with Gasteiger partial charge in [0.15, 0.2) is 0 Å². The van der Waals surface area contributed by atoms with E-state index in [2.05, 4.69) is 13.1 Å². The van der Waals surface area contributed by atoms with Crippen molar-refractivity contribution in [2.45, 2.75) is 39.1 Å². The molecule has 1 rings (SSSR count). The predicted molar refractivity (Wildman–Crippen MR) is 52.3 cm³/mol. The van der Waals surface area contributed by atoms with Crippen LogP contribution in [0, 0.1) is 0 Å². The Kier molecular flexibility index (Phi) is 3.48. The molecule has 0 saturated carbocycles. The zero-order valence-electron chi connectivity index (χ0n) is 9.03. The van der Waals surface area contributed by atoms with E-state index in [0.717, 1.165) is 6.17 Å². The van der Waals surface area contributed by atoms with Crippen molar-refractivity contribution in [1.82, 2.24) is 5.23 Å². The zero-order chi connectivity index (χ0) is 10.1. The maximum atomic E-state index is 5.48. The lowest BCUT2D eigenvalue weighted by molar-refractivity contribution is -0.303. The van der Waals surface area contributed by atoms with Crippen LogP contribution in [0.2, 0.25) is 13.1 Å². The van der Waals surface area contributed by atoms with Gasteiger partial charge in [0.2, 0.25) is 8.32 Å². The van der Waals surface area contributed by atoms with Gasteiger partial charge in [-0.3, -0.25) is 9.68 Å². The summed E-state index contributed by atoms with van der Waals surface area (Å²) in [5.41, 5.74) is 0. The highest BCUT2D eigenvalue weighted by atomic mass is 28.4. The van der Waals surface area contributed by atoms with E-state index >= 15 is 0 Å². The van der Waals surface area contributed by atoms with Crippen LogP contribution in [0.5, 0.6) is 0 Å². The van der Waals surface area contributed by atoms with Crippen LogP contribution in [0.25, 0.3) is 0 Å². The molecule has 0 bridgehead atoms. The number of hydroxylamine groups is 2. The molecule has 2 unspecified atom stereocenters. The first-order valence-electron chi connectivity index (χ1n) is 4.61. The summed E-state index contributed by atoms with van der Waals surface area (Å²) in [6.45, 7) is 8.28. The minimum Gasteiger partial charge on any atom is -0.419 e. The Labute approximate surface area is 80.8 Å². The molecular formula is C8H19NO3Si. The quantitative estimate of drug-likeness (QED) is 0.650. The molecule has 0 aromatic carbocycles. The van der Waals surface area contributed by atoms with E-state index in [1.54, 1.807) is 12.3 Å². The lowest BCUT2D eigenvalue weighted by atomic mass is 10.3. The summed E-state index contributed by atoms with van der Waals surface area (Å²) in [4.78, 5) is 11.0. The first-order chi connectivity index (χ1) is 5.94. The van der Waals surface area contributed by atoms with E-state index in [0.29, 0.717) is 0 Å².